The van der Waals surface area contributed by atoms with Crippen molar-refractivity contribution in [1.82, 2.24) is 24.4 Å². The molecule has 1 amide bonds. The lowest BCUT2D eigenvalue weighted by Gasteiger charge is -2.08. The molecule has 0 saturated carbocycles. The van der Waals surface area contributed by atoms with Gasteiger partial charge in [-0.15, -0.1) is 0 Å². The normalized spacial score (nSPS) is 11.5. The van der Waals surface area contributed by atoms with E-state index in [0.29, 0.717) is 28.6 Å². The van der Waals surface area contributed by atoms with Gasteiger partial charge in [-0.2, -0.15) is 10.2 Å². The van der Waals surface area contributed by atoms with Crippen molar-refractivity contribution >= 4 is 28.8 Å². The highest BCUT2D eigenvalue weighted by Gasteiger charge is 2.22. The van der Waals surface area contributed by atoms with E-state index in [1.165, 1.54) is 12.3 Å². The summed E-state index contributed by atoms with van der Waals surface area (Å²) in [4.78, 5) is 17.2. The molecule has 10 heteroatoms. The number of nitrogens with zero attached hydrogens (tertiary/aromatic N) is 5. The second kappa shape index (κ2) is 8.07. The standard InChI is InChI=1S/C21H19ClF2N6O/c1-11-8-17(19(23)24)30-20(26-11)16(9-25-30)21(31)27-18-12(2)28-29(13(18)3)10-14-4-6-15(22)7-5-14/h4-9,19H,10H2,1-3H3,(H,27,31). The molecule has 0 fully saturated rings. The van der Waals surface area contributed by atoms with Crippen LogP contribution in [-0.2, 0) is 6.54 Å². The van der Waals surface area contributed by atoms with Crippen LogP contribution in [0.4, 0.5) is 14.5 Å². The Hall–Kier alpha value is -3.33. The van der Waals surface area contributed by atoms with E-state index in [-0.39, 0.29) is 16.9 Å². The Morgan fingerprint density at radius 1 is 1.19 bits per heavy atom. The van der Waals surface area contributed by atoms with E-state index < -0.39 is 12.3 Å². The van der Waals surface area contributed by atoms with Gasteiger partial charge in [0, 0.05) is 10.7 Å². The highest BCUT2D eigenvalue weighted by molar-refractivity contribution is 6.30. The van der Waals surface area contributed by atoms with Crippen LogP contribution in [-0.4, -0.2) is 30.3 Å². The van der Waals surface area contributed by atoms with Crippen LogP contribution in [0.2, 0.25) is 5.02 Å². The lowest BCUT2D eigenvalue weighted by atomic mass is 10.2. The molecule has 3 aromatic heterocycles. The van der Waals surface area contributed by atoms with Crippen molar-refractivity contribution in [2.45, 2.75) is 33.7 Å². The minimum Gasteiger partial charge on any atom is -0.319 e. The van der Waals surface area contributed by atoms with Crippen LogP contribution in [0.25, 0.3) is 5.65 Å². The first-order valence-electron chi connectivity index (χ1n) is 9.48. The molecule has 160 valence electrons. The molecule has 0 unspecified atom stereocenters. The molecule has 1 N–H and O–H groups in total. The maximum Gasteiger partial charge on any atom is 0.280 e. The van der Waals surface area contributed by atoms with E-state index in [2.05, 4.69) is 20.5 Å². The van der Waals surface area contributed by atoms with Crippen LogP contribution in [0.3, 0.4) is 0 Å². The quantitative estimate of drug-likeness (QED) is 0.482. The number of benzene rings is 1. The summed E-state index contributed by atoms with van der Waals surface area (Å²) in [5.41, 5.74) is 3.20. The van der Waals surface area contributed by atoms with E-state index in [1.807, 2.05) is 19.1 Å². The first kappa shape index (κ1) is 20.9. The minimum atomic E-state index is -2.74. The van der Waals surface area contributed by atoms with Crippen molar-refractivity contribution in [2.24, 2.45) is 0 Å². The molecule has 4 aromatic rings. The number of halogens is 3. The van der Waals surface area contributed by atoms with Gasteiger partial charge in [-0.1, -0.05) is 23.7 Å². The van der Waals surface area contributed by atoms with Crippen molar-refractivity contribution in [3.05, 3.63) is 75.5 Å². The summed E-state index contributed by atoms with van der Waals surface area (Å²) in [5, 5.41) is 11.9. The third-order valence-corrected chi connectivity index (χ3v) is 5.21. The fourth-order valence-electron chi connectivity index (χ4n) is 3.40. The third-order valence-electron chi connectivity index (χ3n) is 4.96. The molecule has 0 aliphatic rings. The van der Waals surface area contributed by atoms with Crippen molar-refractivity contribution in [3.8, 4) is 0 Å². The fraction of sp³-hybridized carbons (Fsp3) is 0.238. The number of aryl methyl sites for hydroxylation is 2. The molecule has 0 atom stereocenters. The molecule has 0 aliphatic carbocycles. The van der Waals surface area contributed by atoms with Gasteiger partial charge in [-0.3, -0.25) is 9.48 Å². The number of alkyl halides is 2. The molecular weight excluding hydrogens is 426 g/mol. The van der Waals surface area contributed by atoms with E-state index in [1.54, 1.807) is 30.7 Å². The molecule has 0 spiro atoms. The summed E-state index contributed by atoms with van der Waals surface area (Å²) in [5.74, 6) is -0.495. The van der Waals surface area contributed by atoms with Crippen LogP contribution in [0.1, 0.15) is 45.1 Å². The number of hydrogen-bond donors (Lipinski definition) is 1. The van der Waals surface area contributed by atoms with E-state index in [4.69, 9.17) is 11.6 Å². The first-order valence-corrected chi connectivity index (χ1v) is 9.85. The van der Waals surface area contributed by atoms with Gasteiger partial charge in [0.25, 0.3) is 12.3 Å². The molecule has 0 bridgehead atoms. The highest BCUT2D eigenvalue weighted by Crippen LogP contribution is 2.24. The maximum atomic E-state index is 13.3. The van der Waals surface area contributed by atoms with Crippen molar-refractivity contribution in [1.29, 1.82) is 0 Å². The number of amides is 1. The monoisotopic (exact) mass is 444 g/mol. The Morgan fingerprint density at radius 3 is 2.58 bits per heavy atom. The van der Waals surface area contributed by atoms with Crippen LogP contribution in [0.5, 0.6) is 0 Å². The second-order valence-corrected chi connectivity index (χ2v) is 7.64. The average molecular weight is 445 g/mol. The summed E-state index contributed by atoms with van der Waals surface area (Å²) in [6, 6.07) is 8.68. The molecule has 7 nitrogen and oxygen atoms in total. The predicted octanol–water partition coefficient (Wildman–Crippen LogP) is 4.74. The van der Waals surface area contributed by atoms with E-state index in [9.17, 15) is 13.6 Å². The molecule has 0 radical (unpaired) electrons. The average Bonchev–Trinajstić information content (AvgIpc) is 3.25. The second-order valence-electron chi connectivity index (χ2n) is 7.20. The molecule has 31 heavy (non-hydrogen) atoms. The van der Waals surface area contributed by atoms with Gasteiger partial charge < -0.3 is 5.32 Å². The Labute approximate surface area is 181 Å². The van der Waals surface area contributed by atoms with Gasteiger partial charge in [-0.05, 0) is 44.5 Å². The number of nitrogens with one attached hydrogen (secondary N) is 1. The SMILES string of the molecule is Cc1cc(C(F)F)n2ncc(C(=O)Nc3c(C)nn(Cc4ccc(Cl)cc4)c3C)c2n1. The summed E-state index contributed by atoms with van der Waals surface area (Å²) in [6.07, 6.45) is -1.50. The van der Waals surface area contributed by atoms with Gasteiger partial charge in [0.05, 0.1) is 29.8 Å². The number of anilines is 1. The molecule has 0 saturated heterocycles. The van der Waals surface area contributed by atoms with Crippen LogP contribution >= 0.6 is 11.6 Å². The summed E-state index contributed by atoms with van der Waals surface area (Å²) >= 11 is 5.94. The number of hydrogen-bond acceptors (Lipinski definition) is 4. The number of carbonyl (C=O) groups is 1. The van der Waals surface area contributed by atoms with Gasteiger partial charge in [0.2, 0.25) is 0 Å². The van der Waals surface area contributed by atoms with Crippen molar-refractivity contribution < 1.29 is 13.6 Å². The number of rotatable bonds is 5. The van der Waals surface area contributed by atoms with E-state index >= 15 is 0 Å². The lowest BCUT2D eigenvalue weighted by molar-refractivity contribution is 0.102. The molecule has 3 heterocycles. The highest BCUT2D eigenvalue weighted by atomic mass is 35.5. The van der Waals surface area contributed by atoms with Gasteiger partial charge in [0.15, 0.2) is 5.65 Å². The summed E-state index contributed by atoms with van der Waals surface area (Å²) in [6.45, 7) is 5.73. The van der Waals surface area contributed by atoms with E-state index in [0.717, 1.165) is 15.8 Å². The number of carbonyl (C=O) groups excluding carboxylic acids is 1. The summed E-state index contributed by atoms with van der Waals surface area (Å²) in [7, 11) is 0. The zero-order valence-corrected chi connectivity index (χ0v) is 17.8. The van der Waals surface area contributed by atoms with Crippen LogP contribution in [0.15, 0.2) is 36.5 Å². The van der Waals surface area contributed by atoms with Gasteiger partial charge >= 0.3 is 0 Å². The van der Waals surface area contributed by atoms with Crippen LogP contribution in [0, 0.1) is 20.8 Å². The fourth-order valence-corrected chi connectivity index (χ4v) is 3.53. The van der Waals surface area contributed by atoms with Crippen molar-refractivity contribution in [3.63, 3.8) is 0 Å². The summed E-state index contributed by atoms with van der Waals surface area (Å²) < 4.78 is 29.4. The molecule has 4 rings (SSSR count). The smallest absolute Gasteiger partial charge is 0.280 e. The third kappa shape index (κ3) is 4.00. The number of fused-ring (bicyclic) bond motifs is 1. The maximum absolute atomic E-state index is 13.3. The Balaban J connectivity index is 1.63. The van der Waals surface area contributed by atoms with Gasteiger partial charge in [0.1, 0.15) is 11.3 Å². The topological polar surface area (TPSA) is 77.1 Å². The zero-order valence-electron chi connectivity index (χ0n) is 17.0. The Morgan fingerprint density at radius 2 is 1.90 bits per heavy atom. The minimum absolute atomic E-state index is 0.0802. The predicted molar refractivity (Wildman–Crippen MR) is 113 cm³/mol. The number of aromatic nitrogens is 5. The Bertz CT molecular complexity index is 1280. The van der Waals surface area contributed by atoms with Crippen LogP contribution < -0.4 is 5.32 Å². The largest absolute Gasteiger partial charge is 0.319 e. The molecule has 0 aliphatic heterocycles. The van der Waals surface area contributed by atoms with Gasteiger partial charge in [-0.25, -0.2) is 18.3 Å². The Kier molecular flexibility index (Phi) is 5.45. The van der Waals surface area contributed by atoms with Crippen molar-refractivity contribution in [2.75, 3.05) is 5.32 Å². The molecular formula is C21H19ClF2N6O. The zero-order chi connectivity index (χ0) is 22.3. The first-order chi connectivity index (χ1) is 14.7. The lowest BCUT2D eigenvalue weighted by Crippen LogP contribution is -2.14. The molecule has 1 aromatic carbocycles.